The number of likely N-dealkylation sites (N-methyl/N-ethyl adjacent to an activating group) is 1. The van der Waals surface area contributed by atoms with Gasteiger partial charge in [0.05, 0.1) is 0 Å². The van der Waals surface area contributed by atoms with E-state index >= 15 is 0 Å². The summed E-state index contributed by atoms with van der Waals surface area (Å²) in [5.74, 6) is 2.72. The van der Waals surface area contributed by atoms with Gasteiger partial charge in [0.25, 0.3) is 0 Å². The molecule has 2 aliphatic rings. The summed E-state index contributed by atoms with van der Waals surface area (Å²) in [6.45, 7) is 3.30. The van der Waals surface area contributed by atoms with Crippen LogP contribution in [0.15, 0.2) is 41.9 Å². The SMILES string of the molecule is CN(c1ccnc(C2CC2)n1)C1CCN(Cc2csc3ccccc23)C1. The van der Waals surface area contributed by atoms with Crippen LogP contribution in [0.5, 0.6) is 0 Å². The Bertz CT molecular complexity index is 917. The van der Waals surface area contributed by atoms with Crippen LogP contribution in [0, 0.1) is 0 Å². The number of anilines is 1. The number of likely N-dealkylation sites (tertiary alicyclic amines) is 1. The van der Waals surface area contributed by atoms with Crippen molar-refractivity contribution in [3.63, 3.8) is 0 Å². The van der Waals surface area contributed by atoms with Gasteiger partial charge in [-0.15, -0.1) is 11.3 Å². The van der Waals surface area contributed by atoms with Crippen molar-refractivity contribution in [2.75, 3.05) is 25.0 Å². The largest absolute Gasteiger partial charge is 0.355 e. The molecule has 1 aromatic carbocycles. The van der Waals surface area contributed by atoms with Crippen molar-refractivity contribution < 1.29 is 0 Å². The van der Waals surface area contributed by atoms with E-state index in [4.69, 9.17) is 4.98 Å². The van der Waals surface area contributed by atoms with E-state index in [1.807, 2.05) is 17.5 Å². The molecule has 1 aliphatic heterocycles. The van der Waals surface area contributed by atoms with Gasteiger partial charge in [-0.1, -0.05) is 18.2 Å². The number of thiophene rings is 1. The van der Waals surface area contributed by atoms with Gasteiger partial charge >= 0.3 is 0 Å². The van der Waals surface area contributed by atoms with E-state index in [1.165, 1.54) is 34.9 Å². The van der Waals surface area contributed by atoms with E-state index in [-0.39, 0.29) is 0 Å². The molecule has 0 radical (unpaired) electrons. The van der Waals surface area contributed by atoms with Gasteiger partial charge in [-0.3, -0.25) is 4.90 Å². The predicted octanol–water partition coefficient (Wildman–Crippen LogP) is 4.28. The first-order valence-electron chi connectivity index (χ1n) is 9.51. The lowest BCUT2D eigenvalue weighted by Crippen LogP contribution is -2.35. The summed E-state index contributed by atoms with van der Waals surface area (Å²) in [5.41, 5.74) is 1.46. The molecule has 26 heavy (non-hydrogen) atoms. The quantitative estimate of drug-likeness (QED) is 0.676. The van der Waals surface area contributed by atoms with Crippen LogP contribution in [0.2, 0.25) is 0 Å². The summed E-state index contributed by atoms with van der Waals surface area (Å²) < 4.78 is 1.39. The van der Waals surface area contributed by atoms with Crippen LogP contribution >= 0.6 is 11.3 Å². The van der Waals surface area contributed by atoms with Crippen molar-refractivity contribution in [1.82, 2.24) is 14.9 Å². The first-order valence-corrected chi connectivity index (χ1v) is 10.4. The molecule has 1 saturated heterocycles. The number of hydrogen-bond donors (Lipinski definition) is 0. The molecule has 1 unspecified atom stereocenters. The molecular formula is C21H24N4S. The summed E-state index contributed by atoms with van der Waals surface area (Å²) in [4.78, 5) is 14.2. The highest BCUT2D eigenvalue weighted by Crippen LogP contribution is 2.38. The maximum atomic E-state index is 4.82. The van der Waals surface area contributed by atoms with Crippen LogP contribution in [-0.4, -0.2) is 41.0 Å². The van der Waals surface area contributed by atoms with Crippen LogP contribution < -0.4 is 4.90 Å². The molecular weight excluding hydrogens is 340 g/mol. The molecule has 4 nitrogen and oxygen atoms in total. The fourth-order valence-electron chi connectivity index (χ4n) is 3.95. The van der Waals surface area contributed by atoms with Crippen molar-refractivity contribution in [2.45, 2.75) is 37.8 Å². The maximum Gasteiger partial charge on any atom is 0.133 e. The van der Waals surface area contributed by atoms with Crippen molar-refractivity contribution in [2.24, 2.45) is 0 Å². The molecule has 0 bridgehead atoms. The molecule has 1 atom stereocenters. The Morgan fingerprint density at radius 1 is 1.19 bits per heavy atom. The summed E-state index contributed by atoms with van der Waals surface area (Å²) in [7, 11) is 2.19. The van der Waals surface area contributed by atoms with E-state index in [1.54, 1.807) is 0 Å². The standard InChI is InChI=1S/C21H24N4S/c1-24(20-8-10-22-21(23-20)15-6-7-15)17-9-11-25(13-17)12-16-14-26-19-5-3-2-4-18(16)19/h2-5,8,10,14-15,17H,6-7,9,11-13H2,1H3. The number of aromatic nitrogens is 2. The van der Waals surface area contributed by atoms with E-state index in [9.17, 15) is 0 Å². The van der Waals surface area contributed by atoms with Gasteiger partial charge in [-0.05, 0) is 47.7 Å². The van der Waals surface area contributed by atoms with Crippen molar-refractivity contribution >= 4 is 27.2 Å². The molecule has 0 N–H and O–H groups in total. The van der Waals surface area contributed by atoms with E-state index < -0.39 is 0 Å². The second-order valence-electron chi connectivity index (χ2n) is 7.59. The Balaban J connectivity index is 1.27. The number of rotatable bonds is 5. The summed E-state index contributed by atoms with van der Waals surface area (Å²) in [5, 5.41) is 3.74. The topological polar surface area (TPSA) is 32.3 Å². The second-order valence-corrected chi connectivity index (χ2v) is 8.50. The lowest BCUT2D eigenvalue weighted by Gasteiger charge is -2.26. The third-order valence-electron chi connectivity index (χ3n) is 5.71. The molecule has 3 aromatic rings. The molecule has 1 aliphatic carbocycles. The van der Waals surface area contributed by atoms with E-state index in [0.717, 1.165) is 31.3 Å². The van der Waals surface area contributed by atoms with Gasteiger partial charge in [0.2, 0.25) is 0 Å². The molecule has 2 aromatic heterocycles. The van der Waals surface area contributed by atoms with E-state index in [2.05, 4.69) is 57.5 Å². The van der Waals surface area contributed by atoms with Crippen LogP contribution in [-0.2, 0) is 6.54 Å². The van der Waals surface area contributed by atoms with Crippen LogP contribution in [0.3, 0.4) is 0 Å². The molecule has 1 saturated carbocycles. The van der Waals surface area contributed by atoms with Crippen LogP contribution in [0.1, 0.15) is 36.6 Å². The van der Waals surface area contributed by atoms with Crippen LogP contribution in [0.25, 0.3) is 10.1 Å². The number of benzene rings is 1. The molecule has 3 heterocycles. The zero-order valence-electron chi connectivity index (χ0n) is 15.1. The summed E-state index contributed by atoms with van der Waals surface area (Å²) >= 11 is 1.86. The lowest BCUT2D eigenvalue weighted by molar-refractivity contribution is 0.327. The van der Waals surface area contributed by atoms with Gasteiger partial charge in [0.1, 0.15) is 11.6 Å². The Hall–Kier alpha value is -1.98. The van der Waals surface area contributed by atoms with Crippen LogP contribution in [0.4, 0.5) is 5.82 Å². The fraction of sp³-hybridized carbons (Fsp3) is 0.429. The molecule has 5 rings (SSSR count). The van der Waals surface area contributed by atoms with Crippen molar-refractivity contribution in [3.8, 4) is 0 Å². The van der Waals surface area contributed by atoms with Gasteiger partial charge in [-0.2, -0.15) is 0 Å². The minimum absolute atomic E-state index is 0.529. The second kappa shape index (κ2) is 6.63. The Morgan fingerprint density at radius 2 is 2.08 bits per heavy atom. The molecule has 5 heteroatoms. The predicted molar refractivity (Wildman–Crippen MR) is 108 cm³/mol. The Labute approximate surface area is 158 Å². The van der Waals surface area contributed by atoms with Gasteiger partial charge in [0, 0.05) is 49.5 Å². The first kappa shape index (κ1) is 16.2. The first-order chi connectivity index (χ1) is 12.8. The molecule has 2 fully saturated rings. The van der Waals surface area contributed by atoms with Gasteiger partial charge < -0.3 is 4.90 Å². The summed E-state index contributed by atoms with van der Waals surface area (Å²) in [6.07, 6.45) is 5.62. The third-order valence-corrected chi connectivity index (χ3v) is 6.73. The van der Waals surface area contributed by atoms with E-state index in [0.29, 0.717) is 12.0 Å². The molecule has 0 amide bonds. The van der Waals surface area contributed by atoms with Gasteiger partial charge in [-0.25, -0.2) is 9.97 Å². The molecule has 0 spiro atoms. The fourth-order valence-corrected chi connectivity index (χ4v) is 4.91. The summed E-state index contributed by atoms with van der Waals surface area (Å²) in [6, 6.07) is 11.3. The number of hydrogen-bond acceptors (Lipinski definition) is 5. The average Bonchev–Trinajstić information content (AvgIpc) is 3.31. The Morgan fingerprint density at radius 3 is 2.96 bits per heavy atom. The van der Waals surface area contributed by atoms with Gasteiger partial charge in [0.15, 0.2) is 0 Å². The lowest BCUT2D eigenvalue weighted by atomic mass is 10.2. The van der Waals surface area contributed by atoms with Crippen molar-refractivity contribution in [3.05, 3.63) is 53.3 Å². The zero-order chi connectivity index (χ0) is 17.5. The maximum absolute atomic E-state index is 4.82. The minimum Gasteiger partial charge on any atom is -0.355 e. The highest BCUT2D eigenvalue weighted by Gasteiger charge is 2.29. The number of nitrogens with zero attached hydrogens (tertiary/aromatic N) is 4. The third kappa shape index (κ3) is 3.10. The zero-order valence-corrected chi connectivity index (χ0v) is 16.0. The molecule has 134 valence electrons. The number of fused-ring (bicyclic) bond motifs is 1. The monoisotopic (exact) mass is 364 g/mol. The highest BCUT2D eigenvalue weighted by molar-refractivity contribution is 7.17. The van der Waals surface area contributed by atoms with Crippen molar-refractivity contribution in [1.29, 1.82) is 0 Å². The smallest absolute Gasteiger partial charge is 0.133 e. The Kier molecular flexibility index (Phi) is 4.14. The normalized spacial score (nSPS) is 20.7. The average molecular weight is 365 g/mol. The highest BCUT2D eigenvalue weighted by atomic mass is 32.1. The minimum atomic E-state index is 0.529.